The molecular weight excluding hydrogens is 457 g/mol. The Balaban J connectivity index is 1.55. The molecule has 1 amide bonds. The number of rotatable bonds is 8. The van der Waals surface area contributed by atoms with Gasteiger partial charge in [0.25, 0.3) is 5.91 Å². The lowest BCUT2D eigenvalue weighted by atomic mass is 9.92. The van der Waals surface area contributed by atoms with Crippen LogP contribution < -0.4 is 16.0 Å². The fourth-order valence-electron chi connectivity index (χ4n) is 3.95. The van der Waals surface area contributed by atoms with E-state index in [1.165, 1.54) is 20.0 Å². The first kappa shape index (κ1) is 24.3. The number of carbonyl (C=O) groups excluding carboxylic acids is 1. The van der Waals surface area contributed by atoms with Crippen molar-refractivity contribution < 1.29 is 19.4 Å². The van der Waals surface area contributed by atoms with Gasteiger partial charge in [0.05, 0.1) is 45.2 Å². The molecule has 0 aliphatic heterocycles. The topological polar surface area (TPSA) is 119 Å². The summed E-state index contributed by atoms with van der Waals surface area (Å²) in [5.41, 5.74) is 2.81. The molecule has 1 fully saturated rings. The molecule has 2 aromatic heterocycles. The van der Waals surface area contributed by atoms with Crippen LogP contribution in [-0.4, -0.2) is 56.6 Å². The van der Waals surface area contributed by atoms with Crippen LogP contribution in [0.1, 0.15) is 49.9 Å². The van der Waals surface area contributed by atoms with E-state index in [-0.39, 0.29) is 24.3 Å². The van der Waals surface area contributed by atoms with Gasteiger partial charge < -0.3 is 26.2 Å². The van der Waals surface area contributed by atoms with E-state index in [9.17, 15) is 19.4 Å². The number of aromatic nitrogens is 2. The third kappa shape index (κ3) is 5.99. The molecule has 0 radical (unpaired) electrons. The van der Waals surface area contributed by atoms with E-state index in [4.69, 9.17) is 0 Å². The van der Waals surface area contributed by atoms with Gasteiger partial charge in [-0.15, -0.1) is 11.3 Å². The van der Waals surface area contributed by atoms with Crippen LogP contribution in [0.4, 0.5) is 21.6 Å². The maximum Gasteiger partial charge on any atom is 0.255 e. The first-order valence-electron chi connectivity index (χ1n) is 11.4. The van der Waals surface area contributed by atoms with Gasteiger partial charge in [0.1, 0.15) is 12.0 Å². The molecule has 3 unspecified atom stereocenters. The molecule has 5 N–H and O–H groups in total. The summed E-state index contributed by atoms with van der Waals surface area (Å²) in [7, 11) is 0. The van der Waals surface area contributed by atoms with Crippen LogP contribution in [-0.2, 0) is 0 Å². The van der Waals surface area contributed by atoms with E-state index in [0.717, 1.165) is 35.2 Å². The molecule has 1 aromatic carbocycles. The Kier molecular flexibility index (Phi) is 7.30. The van der Waals surface area contributed by atoms with Crippen molar-refractivity contribution in [2.75, 3.05) is 17.2 Å². The number of aliphatic hydroxyl groups is 2. The number of alkyl halides is 1. The summed E-state index contributed by atoms with van der Waals surface area (Å²) in [5, 5.41) is 29.1. The van der Waals surface area contributed by atoms with Crippen molar-refractivity contribution >= 4 is 44.7 Å². The van der Waals surface area contributed by atoms with Gasteiger partial charge in [0.15, 0.2) is 0 Å². The number of hydrogen-bond acceptors (Lipinski definition) is 8. The highest BCUT2D eigenvalue weighted by atomic mass is 32.1. The third-order valence-corrected chi connectivity index (χ3v) is 6.76. The van der Waals surface area contributed by atoms with Crippen LogP contribution in [0.5, 0.6) is 0 Å². The Bertz CT molecular complexity index is 1150. The molecule has 3 atom stereocenters. The molecule has 10 heteroatoms. The lowest BCUT2D eigenvalue weighted by molar-refractivity contribution is -0.00177. The van der Waals surface area contributed by atoms with Crippen molar-refractivity contribution in [1.82, 2.24) is 15.3 Å². The normalized spacial score (nSPS) is 19.6. The van der Waals surface area contributed by atoms with Gasteiger partial charge in [-0.25, -0.2) is 14.4 Å². The number of hydrogen-bond donors (Lipinski definition) is 5. The second-order valence-corrected chi connectivity index (χ2v) is 10.2. The standard InChI is InChI=1S/C24H30FN5O3S/c1-24(2,33)21(25)12-27-23(32)17-11-26-22(10-19(17)29-14-4-3-5-16(31)8-14)30-15-6-7-18-20(9-15)34-13-28-18/h6-7,9-11,13-14,16,21,31,33H,3-5,8,12H2,1-2H3,(H,27,32)(H2,26,29,30). The second-order valence-electron chi connectivity index (χ2n) is 9.27. The number of amides is 1. The Morgan fingerprint density at radius 3 is 2.88 bits per heavy atom. The minimum absolute atomic E-state index is 0.00407. The van der Waals surface area contributed by atoms with Gasteiger partial charge in [-0.2, -0.15) is 0 Å². The van der Waals surface area contributed by atoms with E-state index in [1.807, 2.05) is 18.2 Å². The molecule has 2 heterocycles. The Morgan fingerprint density at radius 1 is 1.29 bits per heavy atom. The van der Waals surface area contributed by atoms with E-state index in [1.54, 1.807) is 22.9 Å². The minimum Gasteiger partial charge on any atom is -0.393 e. The molecular formula is C24H30FN5O3S. The first-order chi connectivity index (χ1) is 16.2. The zero-order valence-corrected chi connectivity index (χ0v) is 20.0. The molecule has 1 saturated carbocycles. The largest absolute Gasteiger partial charge is 0.393 e. The minimum atomic E-state index is -1.61. The van der Waals surface area contributed by atoms with Gasteiger partial charge in [-0.05, 0) is 57.7 Å². The van der Waals surface area contributed by atoms with Crippen LogP contribution in [0.25, 0.3) is 10.2 Å². The molecule has 4 rings (SSSR count). The fraction of sp³-hybridized carbons (Fsp3) is 0.458. The van der Waals surface area contributed by atoms with Crippen molar-refractivity contribution in [3.05, 3.63) is 41.5 Å². The molecule has 1 aliphatic carbocycles. The summed E-state index contributed by atoms with van der Waals surface area (Å²) in [4.78, 5) is 21.6. The molecule has 0 spiro atoms. The number of fused-ring (bicyclic) bond motifs is 1. The van der Waals surface area contributed by atoms with E-state index in [0.29, 0.717) is 17.9 Å². The Labute approximate surface area is 201 Å². The maximum atomic E-state index is 14.2. The summed E-state index contributed by atoms with van der Waals surface area (Å²) in [5.74, 6) is 0.0509. The fourth-order valence-corrected chi connectivity index (χ4v) is 4.66. The monoisotopic (exact) mass is 487 g/mol. The van der Waals surface area contributed by atoms with Crippen LogP contribution in [0.2, 0.25) is 0 Å². The number of thiazole rings is 1. The summed E-state index contributed by atoms with van der Waals surface area (Å²) in [6, 6.07) is 7.57. The molecule has 34 heavy (non-hydrogen) atoms. The van der Waals surface area contributed by atoms with Gasteiger partial charge in [-0.3, -0.25) is 4.79 Å². The molecule has 3 aromatic rings. The summed E-state index contributed by atoms with van der Waals surface area (Å²) in [6.07, 6.45) is 2.56. The quantitative estimate of drug-likeness (QED) is 0.326. The van der Waals surface area contributed by atoms with Gasteiger partial charge >= 0.3 is 0 Å². The molecule has 0 bridgehead atoms. The highest BCUT2D eigenvalue weighted by Crippen LogP contribution is 2.28. The lowest BCUT2D eigenvalue weighted by Gasteiger charge is -2.28. The second kappa shape index (κ2) is 10.2. The summed E-state index contributed by atoms with van der Waals surface area (Å²) >= 11 is 1.55. The van der Waals surface area contributed by atoms with Crippen LogP contribution >= 0.6 is 11.3 Å². The van der Waals surface area contributed by atoms with Crippen LogP contribution in [0.3, 0.4) is 0 Å². The van der Waals surface area contributed by atoms with Crippen molar-refractivity contribution in [1.29, 1.82) is 0 Å². The number of anilines is 3. The van der Waals surface area contributed by atoms with Gasteiger partial charge in [-0.1, -0.05) is 0 Å². The number of pyridine rings is 1. The van der Waals surface area contributed by atoms with Crippen molar-refractivity contribution in [2.45, 2.75) is 63.4 Å². The Hall–Kier alpha value is -2.82. The highest BCUT2D eigenvalue weighted by Gasteiger charge is 2.28. The molecule has 1 aliphatic rings. The highest BCUT2D eigenvalue weighted by molar-refractivity contribution is 7.16. The van der Waals surface area contributed by atoms with Crippen molar-refractivity contribution in [2.24, 2.45) is 0 Å². The van der Waals surface area contributed by atoms with Crippen LogP contribution in [0, 0.1) is 0 Å². The molecule has 182 valence electrons. The van der Waals surface area contributed by atoms with Crippen LogP contribution in [0.15, 0.2) is 36.0 Å². The summed E-state index contributed by atoms with van der Waals surface area (Å²) < 4.78 is 15.2. The smallest absolute Gasteiger partial charge is 0.255 e. The average molecular weight is 488 g/mol. The molecule has 8 nitrogen and oxygen atoms in total. The zero-order valence-electron chi connectivity index (χ0n) is 19.2. The third-order valence-electron chi connectivity index (χ3n) is 5.97. The number of nitrogens with one attached hydrogen (secondary N) is 3. The number of carbonyl (C=O) groups is 1. The average Bonchev–Trinajstić information content (AvgIpc) is 3.25. The lowest BCUT2D eigenvalue weighted by Crippen LogP contribution is -2.42. The van der Waals surface area contributed by atoms with E-state index >= 15 is 0 Å². The Morgan fingerprint density at radius 2 is 2.12 bits per heavy atom. The van der Waals surface area contributed by atoms with Gasteiger partial charge in [0.2, 0.25) is 0 Å². The maximum absolute atomic E-state index is 14.2. The number of nitrogens with zero attached hydrogens (tertiary/aromatic N) is 2. The number of benzene rings is 1. The van der Waals surface area contributed by atoms with Gasteiger partial charge in [0, 0.05) is 24.0 Å². The van der Waals surface area contributed by atoms with E-state index < -0.39 is 17.7 Å². The SMILES string of the molecule is CC(C)(O)C(F)CNC(=O)c1cnc(Nc2ccc3ncsc3c2)cc1NC1CCCC(O)C1. The molecule has 0 saturated heterocycles. The van der Waals surface area contributed by atoms with Crippen molar-refractivity contribution in [3.8, 4) is 0 Å². The number of halogens is 1. The zero-order chi connectivity index (χ0) is 24.3. The predicted octanol–water partition coefficient (Wildman–Crippen LogP) is 3.99. The predicted molar refractivity (Wildman–Crippen MR) is 133 cm³/mol. The number of aliphatic hydroxyl groups excluding tert-OH is 1. The summed E-state index contributed by atoms with van der Waals surface area (Å²) in [6.45, 7) is 2.40. The first-order valence-corrected chi connectivity index (χ1v) is 12.3. The van der Waals surface area contributed by atoms with Crippen molar-refractivity contribution in [3.63, 3.8) is 0 Å². The van der Waals surface area contributed by atoms with E-state index in [2.05, 4.69) is 25.9 Å².